The fraction of sp³-hybridized carbons (Fsp3) is 0.500. The zero-order valence-electron chi connectivity index (χ0n) is 16.0. The van der Waals surface area contributed by atoms with Crippen LogP contribution >= 0.6 is 0 Å². The fourth-order valence-electron chi connectivity index (χ4n) is 3.35. The summed E-state index contributed by atoms with van der Waals surface area (Å²) < 4.78 is 0. The van der Waals surface area contributed by atoms with E-state index < -0.39 is 0 Å². The highest BCUT2D eigenvalue weighted by Gasteiger charge is 2.20. The van der Waals surface area contributed by atoms with Gasteiger partial charge in [-0.15, -0.1) is 0 Å². The first kappa shape index (κ1) is 18.5. The summed E-state index contributed by atoms with van der Waals surface area (Å²) in [7, 11) is 2.03. The van der Waals surface area contributed by atoms with Crippen molar-refractivity contribution in [1.82, 2.24) is 15.3 Å². The number of hydrogen-bond donors (Lipinski definition) is 3. The number of nitrogen functional groups attached to an aromatic ring is 1. The number of benzene rings is 1. The van der Waals surface area contributed by atoms with Gasteiger partial charge in [-0.3, -0.25) is 0 Å². The molecule has 1 aliphatic heterocycles. The topological polar surface area (TPSA) is 79.1 Å². The molecule has 1 saturated heterocycles. The van der Waals surface area contributed by atoms with Gasteiger partial charge in [-0.1, -0.05) is 19.4 Å². The maximum absolute atomic E-state index is 6.03. The fourth-order valence-corrected chi connectivity index (χ4v) is 3.35. The molecule has 0 bridgehead atoms. The standard InChI is InChI=1S/C20H30N6/c1-4-6-15-12-19(26-10-5-7-17(13-26)22-3)25-20(23-15)24-16-9-8-14(2)18(21)11-16/h8-9,11-12,17,22H,4-7,10,13,21H2,1-3H3,(H,23,24,25)/t17-/m1/s1. The summed E-state index contributed by atoms with van der Waals surface area (Å²) in [5.74, 6) is 1.65. The van der Waals surface area contributed by atoms with E-state index >= 15 is 0 Å². The first-order valence-corrected chi connectivity index (χ1v) is 9.52. The van der Waals surface area contributed by atoms with Gasteiger partial charge in [-0.05, 0) is 50.9 Å². The third-order valence-electron chi connectivity index (χ3n) is 4.96. The van der Waals surface area contributed by atoms with E-state index in [-0.39, 0.29) is 0 Å². The van der Waals surface area contributed by atoms with Crippen LogP contribution in [0.25, 0.3) is 0 Å². The minimum atomic E-state index is 0.515. The van der Waals surface area contributed by atoms with Crippen molar-refractivity contribution in [3.8, 4) is 0 Å². The van der Waals surface area contributed by atoms with Crippen LogP contribution in [0.3, 0.4) is 0 Å². The lowest BCUT2D eigenvalue weighted by Gasteiger charge is -2.33. The van der Waals surface area contributed by atoms with Crippen molar-refractivity contribution in [3.63, 3.8) is 0 Å². The summed E-state index contributed by atoms with van der Waals surface area (Å²) in [5, 5.41) is 6.73. The summed E-state index contributed by atoms with van der Waals surface area (Å²) in [4.78, 5) is 11.9. The number of nitrogens with one attached hydrogen (secondary N) is 2. The molecule has 1 atom stereocenters. The number of piperidine rings is 1. The number of aryl methyl sites for hydroxylation is 2. The third-order valence-corrected chi connectivity index (χ3v) is 4.96. The largest absolute Gasteiger partial charge is 0.398 e. The summed E-state index contributed by atoms with van der Waals surface area (Å²) in [6.45, 7) is 6.20. The van der Waals surface area contributed by atoms with Crippen LogP contribution < -0.4 is 21.3 Å². The van der Waals surface area contributed by atoms with Crippen LogP contribution in [0.2, 0.25) is 0 Å². The molecule has 1 fully saturated rings. The predicted octanol–water partition coefficient (Wildman–Crippen LogP) is 3.25. The van der Waals surface area contributed by atoms with Crippen LogP contribution in [-0.2, 0) is 6.42 Å². The zero-order valence-corrected chi connectivity index (χ0v) is 16.0. The van der Waals surface area contributed by atoms with Crippen LogP contribution in [0.4, 0.5) is 23.1 Å². The molecule has 1 aromatic heterocycles. The maximum Gasteiger partial charge on any atom is 0.229 e. The average Bonchev–Trinajstić information content (AvgIpc) is 2.65. The van der Waals surface area contributed by atoms with Gasteiger partial charge in [0.05, 0.1) is 0 Å². The van der Waals surface area contributed by atoms with E-state index in [2.05, 4.69) is 28.5 Å². The smallest absolute Gasteiger partial charge is 0.229 e. The molecule has 0 spiro atoms. The van der Waals surface area contributed by atoms with Crippen LogP contribution in [0, 0.1) is 6.92 Å². The van der Waals surface area contributed by atoms with Crippen LogP contribution in [0.5, 0.6) is 0 Å². The lowest BCUT2D eigenvalue weighted by molar-refractivity contribution is 0.447. The molecule has 6 heteroatoms. The number of nitrogens with zero attached hydrogens (tertiary/aromatic N) is 3. The summed E-state index contributed by atoms with van der Waals surface area (Å²) in [5.41, 5.74) is 9.87. The van der Waals surface area contributed by atoms with Crippen LogP contribution in [0.1, 0.15) is 37.4 Å². The molecule has 2 aromatic rings. The number of aromatic nitrogens is 2. The second-order valence-electron chi connectivity index (χ2n) is 7.06. The number of anilines is 4. The van der Waals surface area contributed by atoms with Gasteiger partial charge in [-0.25, -0.2) is 4.98 Å². The predicted molar refractivity (Wildman–Crippen MR) is 109 cm³/mol. The van der Waals surface area contributed by atoms with E-state index in [1.807, 2.05) is 32.2 Å². The minimum Gasteiger partial charge on any atom is -0.398 e. The number of likely N-dealkylation sites (N-methyl/N-ethyl adjacent to an activating group) is 1. The van der Waals surface area contributed by atoms with Crippen LogP contribution in [-0.4, -0.2) is 36.1 Å². The van der Waals surface area contributed by atoms with E-state index in [0.717, 1.165) is 54.4 Å². The highest BCUT2D eigenvalue weighted by Crippen LogP contribution is 2.24. The monoisotopic (exact) mass is 354 g/mol. The first-order chi connectivity index (χ1) is 12.6. The van der Waals surface area contributed by atoms with E-state index in [9.17, 15) is 0 Å². The van der Waals surface area contributed by atoms with E-state index in [1.165, 1.54) is 12.8 Å². The Labute approximate surface area is 156 Å². The molecule has 4 N–H and O–H groups in total. The third kappa shape index (κ3) is 4.43. The Bertz CT molecular complexity index is 745. The molecule has 0 saturated carbocycles. The Kier molecular flexibility index (Phi) is 5.93. The van der Waals surface area contributed by atoms with Crippen molar-refractivity contribution in [2.24, 2.45) is 0 Å². The van der Waals surface area contributed by atoms with Gasteiger partial charge in [0.1, 0.15) is 5.82 Å². The van der Waals surface area contributed by atoms with Gasteiger partial charge in [0, 0.05) is 42.3 Å². The van der Waals surface area contributed by atoms with Gasteiger partial charge in [0.15, 0.2) is 0 Å². The van der Waals surface area contributed by atoms with E-state index in [4.69, 9.17) is 15.7 Å². The first-order valence-electron chi connectivity index (χ1n) is 9.52. The Morgan fingerprint density at radius 1 is 1.27 bits per heavy atom. The number of rotatable bonds is 6. The SMILES string of the molecule is CCCc1cc(N2CCC[C@@H](NC)C2)nc(Nc2ccc(C)c(N)c2)n1. The van der Waals surface area contributed by atoms with Gasteiger partial charge in [0.2, 0.25) is 5.95 Å². The quantitative estimate of drug-likeness (QED) is 0.691. The Balaban J connectivity index is 1.86. The van der Waals surface area contributed by atoms with Crippen molar-refractivity contribution in [1.29, 1.82) is 0 Å². The van der Waals surface area contributed by atoms with Crippen molar-refractivity contribution in [3.05, 3.63) is 35.5 Å². The molecule has 1 aliphatic rings. The lowest BCUT2D eigenvalue weighted by atomic mass is 10.1. The van der Waals surface area contributed by atoms with Crippen molar-refractivity contribution < 1.29 is 0 Å². The second-order valence-corrected chi connectivity index (χ2v) is 7.06. The Morgan fingerprint density at radius 2 is 2.12 bits per heavy atom. The highest BCUT2D eigenvalue weighted by molar-refractivity contribution is 5.63. The second kappa shape index (κ2) is 8.36. The van der Waals surface area contributed by atoms with Crippen molar-refractivity contribution in [2.75, 3.05) is 36.1 Å². The molecule has 6 nitrogen and oxygen atoms in total. The highest BCUT2D eigenvalue weighted by atomic mass is 15.2. The molecular weight excluding hydrogens is 324 g/mol. The Hall–Kier alpha value is -2.34. The number of nitrogens with two attached hydrogens (primary N) is 1. The molecule has 0 unspecified atom stereocenters. The summed E-state index contributed by atoms with van der Waals surface area (Å²) in [6.07, 6.45) is 4.40. The van der Waals surface area contributed by atoms with Crippen molar-refractivity contribution in [2.45, 2.75) is 45.6 Å². The summed E-state index contributed by atoms with van der Waals surface area (Å²) in [6, 6.07) is 8.61. The normalized spacial score (nSPS) is 17.3. The average molecular weight is 355 g/mol. The van der Waals surface area contributed by atoms with Crippen LogP contribution in [0.15, 0.2) is 24.3 Å². The molecule has 0 radical (unpaired) electrons. The molecular formula is C20H30N6. The molecule has 0 amide bonds. The Morgan fingerprint density at radius 3 is 2.85 bits per heavy atom. The minimum absolute atomic E-state index is 0.515. The molecule has 1 aromatic carbocycles. The maximum atomic E-state index is 6.03. The number of hydrogen-bond acceptors (Lipinski definition) is 6. The summed E-state index contributed by atoms with van der Waals surface area (Å²) >= 11 is 0. The molecule has 0 aliphatic carbocycles. The van der Waals surface area contributed by atoms with Gasteiger partial charge >= 0.3 is 0 Å². The molecule has 26 heavy (non-hydrogen) atoms. The molecule has 3 rings (SSSR count). The van der Waals surface area contributed by atoms with Crippen molar-refractivity contribution >= 4 is 23.1 Å². The van der Waals surface area contributed by atoms with E-state index in [0.29, 0.717) is 12.0 Å². The molecule has 140 valence electrons. The van der Waals surface area contributed by atoms with E-state index in [1.54, 1.807) is 0 Å². The van der Waals surface area contributed by atoms with Gasteiger partial charge < -0.3 is 21.3 Å². The van der Waals surface area contributed by atoms with Gasteiger partial charge in [0.25, 0.3) is 0 Å². The van der Waals surface area contributed by atoms with Gasteiger partial charge in [-0.2, -0.15) is 4.98 Å². The lowest BCUT2D eigenvalue weighted by Crippen LogP contribution is -2.44. The zero-order chi connectivity index (χ0) is 18.5. The molecule has 2 heterocycles.